The molecule has 0 aliphatic heterocycles. The van der Waals surface area contributed by atoms with Crippen molar-refractivity contribution in [3.05, 3.63) is 72.1 Å². The first-order valence-electron chi connectivity index (χ1n) is 7.72. The van der Waals surface area contributed by atoms with Crippen LogP contribution in [0.5, 0.6) is 0 Å². The molecule has 0 saturated carbocycles. The lowest BCUT2D eigenvalue weighted by Crippen LogP contribution is -2.20. The van der Waals surface area contributed by atoms with Crippen LogP contribution < -0.4 is 10.7 Å². The van der Waals surface area contributed by atoms with Crippen LogP contribution in [0.25, 0.3) is 6.08 Å². The maximum atomic E-state index is 12.8. The molecule has 0 atom stereocenters. The third-order valence-corrected chi connectivity index (χ3v) is 3.15. The average Bonchev–Trinajstić information content (AvgIpc) is 2.62. The van der Waals surface area contributed by atoms with Crippen LogP contribution in [0.1, 0.15) is 18.4 Å². The summed E-state index contributed by atoms with van der Waals surface area (Å²) in [6.07, 6.45) is 5.04. The van der Waals surface area contributed by atoms with Gasteiger partial charge in [-0.3, -0.25) is 9.59 Å². The molecule has 128 valence electrons. The van der Waals surface area contributed by atoms with Gasteiger partial charge in [-0.2, -0.15) is 5.10 Å². The SMILES string of the molecule is O=C(CCC(=O)Nc1ccc(F)cc1)NN=CC=Cc1ccccc1. The molecule has 0 aliphatic carbocycles. The van der Waals surface area contributed by atoms with Crippen molar-refractivity contribution in [2.75, 3.05) is 5.32 Å². The molecule has 2 rings (SSSR count). The number of anilines is 1. The van der Waals surface area contributed by atoms with Gasteiger partial charge in [-0.1, -0.05) is 36.4 Å². The molecule has 0 aliphatic rings. The molecule has 2 aromatic carbocycles. The topological polar surface area (TPSA) is 70.6 Å². The second kappa shape index (κ2) is 9.77. The Hall–Kier alpha value is -3.28. The number of nitrogens with one attached hydrogen (secondary N) is 2. The predicted molar refractivity (Wildman–Crippen MR) is 96.4 cm³/mol. The third-order valence-electron chi connectivity index (χ3n) is 3.15. The van der Waals surface area contributed by atoms with Gasteiger partial charge in [0.25, 0.3) is 0 Å². The number of allylic oxidation sites excluding steroid dienone is 1. The summed E-state index contributed by atoms with van der Waals surface area (Å²) in [6, 6.07) is 15.1. The number of amides is 2. The standard InChI is InChI=1S/C19H18FN3O2/c20-16-8-10-17(11-9-16)22-18(24)12-13-19(25)23-21-14-4-7-15-5-2-1-3-6-15/h1-11,14H,12-13H2,(H,22,24)(H,23,25). The molecule has 0 saturated heterocycles. The Morgan fingerprint density at radius 1 is 0.960 bits per heavy atom. The number of carbonyl (C=O) groups is 2. The summed E-state index contributed by atoms with van der Waals surface area (Å²) >= 11 is 0. The van der Waals surface area contributed by atoms with Gasteiger partial charge in [0.2, 0.25) is 11.8 Å². The van der Waals surface area contributed by atoms with E-state index in [1.165, 1.54) is 30.5 Å². The highest BCUT2D eigenvalue weighted by atomic mass is 19.1. The van der Waals surface area contributed by atoms with Crippen LogP contribution in [0, 0.1) is 5.82 Å². The molecule has 0 heterocycles. The molecule has 0 unspecified atom stereocenters. The summed E-state index contributed by atoms with van der Waals surface area (Å²) < 4.78 is 12.8. The molecule has 2 N–H and O–H groups in total. The van der Waals surface area contributed by atoms with Gasteiger partial charge in [-0.25, -0.2) is 9.82 Å². The first kappa shape index (κ1) is 18.1. The van der Waals surface area contributed by atoms with Gasteiger partial charge in [-0.05, 0) is 35.9 Å². The van der Waals surface area contributed by atoms with Crippen LogP contribution >= 0.6 is 0 Å². The number of hydrogen-bond acceptors (Lipinski definition) is 3. The van der Waals surface area contributed by atoms with E-state index in [9.17, 15) is 14.0 Å². The zero-order valence-corrected chi connectivity index (χ0v) is 13.5. The lowest BCUT2D eigenvalue weighted by atomic mass is 10.2. The summed E-state index contributed by atoms with van der Waals surface area (Å²) in [6.45, 7) is 0. The van der Waals surface area contributed by atoms with E-state index in [0.29, 0.717) is 5.69 Å². The van der Waals surface area contributed by atoms with Crippen LogP contribution in [0.15, 0.2) is 65.8 Å². The van der Waals surface area contributed by atoms with Crippen molar-refractivity contribution < 1.29 is 14.0 Å². The Morgan fingerprint density at radius 3 is 2.36 bits per heavy atom. The summed E-state index contributed by atoms with van der Waals surface area (Å²) in [5, 5.41) is 6.36. The molecule has 5 nitrogen and oxygen atoms in total. The van der Waals surface area contributed by atoms with Gasteiger partial charge >= 0.3 is 0 Å². The fraction of sp³-hybridized carbons (Fsp3) is 0.105. The van der Waals surface area contributed by atoms with E-state index in [-0.39, 0.29) is 30.5 Å². The van der Waals surface area contributed by atoms with Gasteiger partial charge < -0.3 is 5.32 Å². The van der Waals surface area contributed by atoms with Crippen LogP contribution in [-0.2, 0) is 9.59 Å². The molecule has 0 radical (unpaired) electrons. The van der Waals surface area contributed by atoms with Crippen LogP contribution in [-0.4, -0.2) is 18.0 Å². The first-order chi connectivity index (χ1) is 12.1. The largest absolute Gasteiger partial charge is 0.326 e. The van der Waals surface area contributed by atoms with Gasteiger partial charge in [0.05, 0.1) is 0 Å². The van der Waals surface area contributed by atoms with E-state index in [1.54, 1.807) is 6.08 Å². The predicted octanol–water partition coefficient (Wildman–Crippen LogP) is 3.36. The van der Waals surface area contributed by atoms with E-state index in [4.69, 9.17) is 0 Å². The van der Waals surface area contributed by atoms with Gasteiger partial charge in [0.15, 0.2) is 0 Å². The van der Waals surface area contributed by atoms with Crippen molar-refractivity contribution in [3.63, 3.8) is 0 Å². The summed E-state index contributed by atoms with van der Waals surface area (Å²) in [4.78, 5) is 23.3. The molecular formula is C19H18FN3O2. The molecule has 2 aromatic rings. The molecule has 25 heavy (non-hydrogen) atoms. The number of hydrogen-bond donors (Lipinski definition) is 2. The first-order valence-corrected chi connectivity index (χ1v) is 7.72. The van der Waals surface area contributed by atoms with Crippen molar-refractivity contribution >= 4 is 29.8 Å². The molecule has 0 bridgehead atoms. The maximum absolute atomic E-state index is 12.8. The molecule has 0 aromatic heterocycles. The van der Waals surface area contributed by atoms with Crippen molar-refractivity contribution in [2.24, 2.45) is 5.10 Å². The maximum Gasteiger partial charge on any atom is 0.240 e. The highest BCUT2D eigenvalue weighted by Crippen LogP contribution is 2.08. The lowest BCUT2D eigenvalue weighted by Gasteiger charge is -2.04. The van der Waals surface area contributed by atoms with Crippen molar-refractivity contribution in [3.8, 4) is 0 Å². The van der Waals surface area contributed by atoms with Crippen LogP contribution in [0.3, 0.4) is 0 Å². The minimum atomic E-state index is -0.378. The Morgan fingerprint density at radius 2 is 1.64 bits per heavy atom. The lowest BCUT2D eigenvalue weighted by molar-refractivity contribution is -0.124. The van der Waals surface area contributed by atoms with Crippen LogP contribution in [0.4, 0.5) is 10.1 Å². The molecule has 0 fully saturated rings. The second-order valence-electron chi connectivity index (χ2n) is 5.14. The zero-order chi connectivity index (χ0) is 17.9. The highest BCUT2D eigenvalue weighted by molar-refractivity contribution is 5.93. The van der Waals surface area contributed by atoms with Gasteiger partial charge in [0.1, 0.15) is 5.82 Å². The van der Waals surface area contributed by atoms with Crippen molar-refractivity contribution in [1.82, 2.24) is 5.43 Å². The van der Waals surface area contributed by atoms with E-state index in [0.717, 1.165) is 5.56 Å². The van der Waals surface area contributed by atoms with E-state index in [2.05, 4.69) is 15.8 Å². The number of nitrogens with zero attached hydrogens (tertiary/aromatic N) is 1. The van der Waals surface area contributed by atoms with Crippen molar-refractivity contribution in [1.29, 1.82) is 0 Å². The van der Waals surface area contributed by atoms with Crippen LogP contribution in [0.2, 0.25) is 0 Å². The Balaban J connectivity index is 1.66. The van der Waals surface area contributed by atoms with E-state index < -0.39 is 0 Å². The van der Waals surface area contributed by atoms with Crippen molar-refractivity contribution in [2.45, 2.75) is 12.8 Å². The summed E-state index contributed by atoms with van der Waals surface area (Å²) in [7, 11) is 0. The Bertz CT molecular complexity index is 756. The smallest absolute Gasteiger partial charge is 0.240 e. The molecule has 0 spiro atoms. The number of halogens is 1. The number of rotatable bonds is 7. The van der Waals surface area contributed by atoms with E-state index >= 15 is 0 Å². The third kappa shape index (κ3) is 7.22. The molecular weight excluding hydrogens is 321 g/mol. The fourth-order valence-corrected chi connectivity index (χ4v) is 1.91. The zero-order valence-electron chi connectivity index (χ0n) is 13.5. The highest BCUT2D eigenvalue weighted by Gasteiger charge is 2.06. The monoisotopic (exact) mass is 339 g/mol. The Labute approximate surface area is 145 Å². The second-order valence-corrected chi connectivity index (χ2v) is 5.14. The fourth-order valence-electron chi connectivity index (χ4n) is 1.91. The number of hydrazone groups is 1. The van der Waals surface area contributed by atoms with E-state index in [1.807, 2.05) is 36.4 Å². The number of carbonyl (C=O) groups excluding carboxylic acids is 2. The molecule has 2 amide bonds. The van der Waals surface area contributed by atoms with Gasteiger partial charge in [0, 0.05) is 24.7 Å². The average molecular weight is 339 g/mol. The Kier molecular flexibility index (Phi) is 7.06. The quantitative estimate of drug-likeness (QED) is 0.600. The van der Waals surface area contributed by atoms with Gasteiger partial charge in [-0.15, -0.1) is 0 Å². The molecule has 6 heteroatoms. The summed E-state index contributed by atoms with van der Waals surface area (Å²) in [5.74, 6) is -1.06. The summed E-state index contributed by atoms with van der Waals surface area (Å²) in [5.41, 5.74) is 3.85. The number of benzene rings is 2. The normalized spacial score (nSPS) is 10.9. The minimum absolute atomic E-state index is 0.00671. The minimum Gasteiger partial charge on any atom is -0.326 e.